The van der Waals surface area contributed by atoms with Gasteiger partial charge in [0.25, 0.3) is 0 Å². The van der Waals surface area contributed by atoms with Gasteiger partial charge in [-0.15, -0.1) is 0 Å². The maximum Gasteiger partial charge on any atom is 0.147 e. The summed E-state index contributed by atoms with van der Waals surface area (Å²) < 4.78 is 15.8. The van der Waals surface area contributed by atoms with Crippen LogP contribution in [0.25, 0.3) is 0 Å². The van der Waals surface area contributed by atoms with Crippen molar-refractivity contribution in [1.82, 2.24) is 14.8 Å². The third-order valence-corrected chi connectivity index (χ3v) is 3.18. The van der Waals surface area contributed by atoms with Gasteiger partial charge in [-0.3, -0.25) is 0 Å². The van der Waals surface area contributed by atoms with E-state index in [9.17, 15) is 4.39 Å². The molecule has 0 N–H and O–H groups in total. The van der Waals surface area contributed by atoms with E-state index in [-0.39, 0.29) is 6.04 Å². The summed E-state index contributed by atoms with van der Waals surface area (Å²) in [4.78, 5) is 4.25. The Bertz CT molecular complexity index is 562. The van der Waals surface area contributed by atoms with Gasteiger partial charge in [0, 0.05) is 6.42 Å². The second-order valence-electron chi connectivity index (χ2n) is 4.60. The zero-order valence-corrected chi connectivity index (χ0v) is 9.89. The molecule has 2 heterocycles. The third-order valence-electron chi connectivity index (χ3n) is 3.18. The van der Waals surface area contributed by atoms with Gasteiger partial charge >= 0.3 is 0 Å². The van der Waals surface area contributed by atoms with E-state index in [1.165, 1.54) is 0 Å². The molecule has 1 aliphatic heterocycles. The van der Waals surface area contributed by atoms with Crippen LogP contribution in [0.3, 0.4) is 0 Å². The number of hydrogen-bond donors (Lipinski definition) is 0. The van der Waals surface area contributed by atoms with Crippen molar-refractivity contribution in [2.45, 2.75) is 32.5 Å². The molecule has 0 saturated heterocycles. The molecule has 2 aromatic rings. The summed E-state index contributed by atoms with van der Waals surface area (Å²) in [5.41, 5.74) is 2.11. The van der Waals surface area contributed by atoms with Crippen LogP contribution in [-0.4, -0.2) is 20.9 Å². The molecule has 0 aliphatic carbocycles. The predicted molar refractivity (Wildman–Crippen MR) is 62.7 cm³/mol. The second kappa shape index (κ2) is 3.65. The fourth-order valence-electron chi connectivity index (χ4n) is 2.48. The quantitative estimate of drug-likeness (QED) is 0.754. The summed E-state index contributed by atoms with van der Waals surface area (Å²) in [6.45, 7) is 3.85. The number of hydrogen-bond acceptors (Lipinski definition) is 2. The number of rotatable bonds is 1. The highest BCUT2D eigenvalue weighted by Crippen LogP contribution is 2.33. The molecule has 4 heteroatoms. The summed E-state index contributed by atoms with van der Waals surface area (Å²) in [5.74, 6) is 1.46. The van der Waals surface area contributed by atoms with Crippen LogP contribution in [-0.2, 0) is 6.42 Å². The van der Waals surface area contributed by atoms with Gasteiger partial charge in [-0.1, -0.05) is 29.8 Å². The molecule has 0 spiro atoms. The third kappa shape index (κ3) is 1.64. The van der Waals surface area contributed by atoms with E-state index < -0.39 is 6.17 Å². The van der Waals surface area contributed by atoms with Crippen molar-refractivity contribution in [3.8, 4) is 0 Å². The lowest BCUT2D eigenvalue weighted by Crippen LogP contribution is -2.16. The molecule has 1 aromatic carbocycles. The van der Waals surface area contributed by atoms with Crippen molar-refractivity contribution in [2.24, 2.45) is 0 Å². The number of fused-ring (bicyclic) bond motifs is 1. The minimum absolute atomic E-state index is 0.314. The molecule has 0 radical (unpaired) electrons. The first-order valence-corrected chi connectivity index (χ1v) is 5.78. The minimum atomic E-state index is -0.924. The Morgan fingerprint density at radius 1 is 1.35 bits per heavy atom. The first kappa shape index (κ1) is 10.4. The highest BCUT2D eigenvalue weighted by molar-refractivity contribution is 5.28. The molecule has 17 heavy (non-hydrogen) atoms. The van der Waals surface area contributed by atoms with Crippen molar-refractivity contribution < 1.29 is 4.39 Å². The SMILES string of the molecule is Cc1cccc(C2C(F)Cc3nc(C)nn32)c1. The number of alkyl halides is 1. The van der Waals surface area contributed by atoms with Crippen LogP contribution in [0.5, 0.6) is 0 Å². The molecule has 0 bridgehead atoms. The number of halogens is 1. The van der Waals surface area contributed by atoms with Gasteiger partial charge in [-0.2, -0.15) is 5.10 Å². The van der Waals surface area contributed by atoms with Crippen LogP contribution in [0.4, 0.5) is 4.39 Å². The van der Waals surface area contributed by atoms with E-state index in [0.29, 0.717) is 12.2 Å². The molecule has 2 atom stereocenters. The lowest BCUT2D eigenvalue weighted by molar-refractivity contribution is 0.283. The Labute approximate surface area is 99.3 Å². The Hall–Kier alpha value is -1.71. The van der Waals surface area contributed by atoms with Gasteiger partial charge in [-0.25, -0.2) is 14.1 Å². The van der Waals surface area contributed by atoms with E-state index >= 15 is 0 Å². The monoisotopic (exact) mass is 231 g/mol. The van der Waals surface area contributed by atoms with Crippen molar-refractivity contribution in [2.75, 3.05) is 0 Å². The molecule has 1 aliphatic rings. The van der Waals surface area contributed by atoms with E-state index in [2.05, 4.69) is 10.1 Å². The highest BCUT2D eigenvalue weighted by atomic mass is 19.1. The van der Waals surface area contributed by atoms with Gasteiger partial charge in [-0.05, 0) is 19.4 Å². The zero-order chi connectivity index (χ0) is 12.0. The topological polar surface area (TPSA) is 30.7 Å². The van der Waals surface area contributed by atoms with Crippen LogP contribution in [0.1, 0.15) is 28.8 Å². The summed E-state index contributed by atoms with van der Waals surface area (Å²) in [6.07, 6.45) is -0.563. The maximum absolute atomic E-state index is 14.1. The lowest BCUT2D eigenvalue weighted by atomic mass is 10.0. The predicted octanol–water partition coefficient (Wildman–Crippen LogP) is 2.38. The summed E-state index contributed by atoms with van der Waals surface area (Å²) in [7, 11) is 0. The molecule has 88 valence electrons. The Morgan fingerprint density at radius 2 is 2.18 bits per heavy atom. The summed E-state index contributed by atoms with van der Waals surface area (Å²) in [5, 5.41) is 4.29. The number of nitrogens with zero attached hydrogens (tertiary/aromatic N) is 3. The lowest BCUT2D eigenvalue weighted by Gasteiger charge is -2.15. The van der Waals surface area contributed by atoms with Crippen molar-refractivity contribution >= 4 is 0 Å². The fraction of sp³-hybridized carbons (Fsp3) is 0.385. The zero-order valence-electron chi connectivity index (χ0n) is 9.89. The number of aromatic nitrogens is 3. The number of aryl methyl sites for hydroxylation is 2. The van der Waals surface area contributed by atoms with Crippen LogP contribution in [0.15, 0.2) is 24.3 Å². The average Bonchev–Trinajstić information content (AvgIpc) is 2.72. The van der Waals surface area contributed by atoms with Crippen molar-refractivity contribution in [3.63, 3.8) is 0 Å². The van der Waals surface area contributed by atoms with Crippen molar-refractivity contribution in [1.29, 1.82) is 0 Å². The maximum atomic E-state index is 14.1. The Balaban J connectivity index is 2.08. The van der Waals surface area contributed by atoms with E-state index in [4.69, 9.17) is 0 Å². The highest BCUT2D eigenvalue weighted by Gasteiger charge is 2.35. The molecule has 2 unspecified atom stereocenters. The molecule has 3 rings (SSSR count). The largest absolute Gasteiger partial charge is 0.244 e. The van der Waals surface area contributed by atoms with Crippen LogP contribution < -0.4 is 0 Å². The second-order valence-corrected chi connectivity index (χ2v) is 4.60. The molecule has 0 fully saturated rings. The molecule has 0 saturated carbocycles. The summed E-state index contributed by atoms with van der Waals surface area (Å²) >= 11 is 0. The van der Waals surface area contributed by atoms with Crippen LogP contribution >= 0.6 is 0 Å². The smallest absolute Gasteiger partial charge is 0.147 e. The molecular weight excluding hydrogens is 217 g/mol. The van der Waals surface area contributed by atoms with E-state index in [1.54, 1.807) is 4.68 Å². The minimum Gasteiger partial charge on any atom is -0.244 e. The van der Waals surface area contributed by atoms with Crippen LogP contribution in [0, 0.1) is 13.8 Å². The van der Waals surface area contributed by atoms with Gasteiger partial charge in [0.2, 0.25) is 0 Å². The first-order valence-electron chi connectivity index (χ1n) is 5.78. The fourth-order valence-corrected chi connectivity index (χ4v) is 2.48. The Kier molecular flexibility index (Phi) is 2.24. The van der Waals surface area contributed by atoms with Gasteiger partial charge in [0.1, 0.15) is 23.9 Å². The molecule has 0 amide bonds. The van der Waals surface area contributed by atoms with E-state index in [1.807, 2.05) is 38.1 Å². The molecule has 1 aromatic heterocycles. The van der Waals surface area contributed by atoms with E-state index in [0.717, 1.165) is 17.0 Å². The van der Waals surface area contributed by atoms with Crippen LogP contribution in [0.2, 0.25) is 0 Å². The normalized spacial score (nSPS) is 22.8. The Morgan fingerprint density at radius 3 is 2.94 bits per heavy atom. The van der Waals surface area contributed by atoms with Gasteiger partial charge in [0.15, 0.2) is 0 Å². The summed E-state index contributed by atoms with van der Waals surface area (Å²) in [6, 6.07) is 7.63. The average molecular weight is 231 g/mol. The first-order chi connectivity index (χ1) is 8.15. The standard InChI is InChI=1S/C13H14FN3/c1-8-4-3-5-10(6-8)13-11(14)7-12-15-9(2)16-17(12)13/h3-6,11,13H,7H2,1-2H3. The number of benzene rings is 1. The molecule has 3 nitrogen and oxygen atoms in total. The molecular formula is C13H14FN3. The van der Waals surface area contributed by atoms with Gasteiger partial charge < -0.3 is 0 Å². The van der Waals surface area contributed by atoms with Gasteiger partial charge in [0.05, 0.1) is 0 Å². The van der Waals surface area contributed by atoms with Crippen molar-refractivity contribution in [3.05, 3.63) is 47.0 Å².